The minimum absolute atomic E-state index is 0.194. The molecule has 0 radical (unpaired) electrons. The monoisotopic (exact) mass is 352 g/mol. The van der Waals surface area contributed by atoms with E-state index in [1.165, 1.54) is 5.56 Å². The summed E-state index contributed by atoms with van der Waals surface area (Å²) < 4.78 is 4.85. The van der Waals surface area contributed by atoms with Gasteiger partial charge < -0.3 is 10.1 Å². The fraction of sp³-hybridized carbons (Fsp3) is 0.471. The second-order valence-electron chi connectivity index (χ2n) is 6.32. The fourth-order valence-electron chi connectivity index (χ4n) is 1.64. The molecule has 0 unspecified atom stereocenters. The number of ether oxygens (including phenoxy) is 1. The van der Waals surface area contributed by atoms with Crippen molar-refractivity contribution in [1.29, 1.82) is 0 Å². The van der Waals surface area contributed by atoms with Crippen LogP contribution >= 0.6 is 11.8 Å². The minimum atomic E-state index is -0.656. The van der Waals surface area contributed by atoms with E-state index in [2.05, 4.69) is 10.6 Å². The Bertz CT molecular complexity index is 579. The van der Waals surface area contributed by atoms with E-state index in [1.54, 1.807) is 32.5 Å². The van der Waals surface area contributed by atoms with Gasteiger partial charge in [-0.15, -0.1) is 11.8 Å². The Labute approximate surface area is 146 Å². The zero-order valence-corrected chi connectivity index (χ0v) is 15.3. The van der Waals surface area contributed by atoms with Crippen LogP contribution in [0.1, 0.15) is 32.8 Å². The van der Waals surface area contributed by atoms with Crippen LogP contribution < -0.4 is 10.6 Å². The van der Waals surface area contributed by atoms with Gasteiger partial charge in [-0.2, -0.15) is 0 Å². The molecule has 0 heterocycles. The van der Waals surface area contributed by atoms with Crippen LogP contribution in [0.2, 0.25) is 0 Å². The third kappa shape index (κ3) is 9.19. The molecule has 1 aromatic rings. The molecule has 0 aromatic heterocycles. The predicted octanol–water partition coefficient (Wildman–Crippen LogP) is 2.64. The summed E-state index contributed by atoms with van der Waals surface area (Å²) in [4.78, 5) is 35.7. The number of hydrogen-bond acceptors (Lipinski definition) is 5. The Morgan fingerprint density at radius 1 is 1.12 bits per heavy atom. The molecule has 0 spiro atoms. The lowest BCUT2D eigenvalue weighted by molar-refractivity contribution is -0.147. The number of nitrogens with one attached hydrogen (secondary N) is 2. The number of carbonyl (C=O) groups excluding carboxylic acids is 3. The number of benzene rings is 1. The molecular weight excluding hydrogens is 328 g/mol. The Morgan fingerprint density at radius 3 is 2.33 bits per heavy atom. The number of amides is 3. The Balaban J connectivity index is 2.20. The summed E-state index contributed by atoms with van der Waals surface area (Å²) in [6.45, 7) is 6.93. The van der Waals surface area contributed by atoms with Crippen LogP contribution in [0.5, 0.6) is 0 Å². The van der Waals surface area contributed by atoms with Crippen LogP contribution in [0.3, 0.4) is 0 Å². The normalized spacial score (nSPS) is 10.8. The third-order valence-corrected chi connectivity index (χ3v) is 3.72. The van der Waals surface area contributed by atoms with Crippen molar-refractivity contribution >= 4 is 29.7 Å². The van der Waals surface area contributed by atoms with Crippen molar-refractivity contribution in [3.05, 3.63) is 29.8 Å². The third-order valence-electron chi connectivity index (χ3n) is 2.70. The summed E-state index contributed by atoms with van der Waals surface area (Å²) in [5, 5.41) is 4.69. The van der Waals surface area contributed by atoms with Gasteiger partial charge in [0.1, 0.15) is 0 Å². The Hall–Kier alpha value is -2.02. The van der Waals surface area contributed by atoms with E-state index in [9.17, 15) is 14.4 Å². The second-order valence-corrected chi connectivity index (χ2v) is 7.49. The van der Waals surface area contributed by atoms with Gasteiger partial charge in [0.2, 0.25) is 0 Å². The molecule has 3 amide bonds. The number of hydrogen-bond donors (Lipinski definition) is 2. The highest BCUT2D eigenvalue weighted by Gasteiger charge is 2.16. The lowest BCUT2D eigenvalue weighted by atomic mass is 10.1. The van der Waals surface area contributed by atoms with Crippen molar-refractivity contribution in [3.63, 3.8) is 0 Å². The minimum Gasteiger partial charge on any atom is -0.456 e. The van der Waals surface area contributed by atoms with Gasteiger partial charge in [0, 0.05) is 16.2 Å². The smallest absolute Gasteiger partial charge is 0.321 e. The Morgan fingerprint density at radius 2 is 1.75 bits per heavy atom. The highest BCUT2D eigenvalue weighted by atomic mass is 32.2. The molecule has 2 N–H and O–H groups in total. The average Bonchev–Trinajstić information content (AvgIpc) is 2.45. The van der Waals surface area contributed by atoms with Crippen molar-refractivity contribution in [3.8, 4) is 0 Å². The summed E-state index contributed by atoms with van der Waals surface area (Å²) in [7, 11) is 0. The topological polar surface area (TPSA) is 84.5 Å². The first kappa shape index (κ1) is 20.0. The molecule has 6 nitrogen and oxygen atoms in total. The molecule has 0 atom stereocenters. The quantitative estimate of drug-likeness (QED) is 0.607. The van der Waals surface area contributed by atoms with Gasteiger partial charge >= 0.3 is 12.0 Å². The maximum absolute atomic E-state index is 11.6. The zero-order chi connectivity index (χ0) is 18.2. The van der Waals surface area contributed by atoms with Crippen molar-refractivity contribution in [2.75, 3.05) is 12.4 Å². The summed E-state index contributed by atoms with van der Waals surface area (Å²) >= 11 is 1.54. The molecular formula is C17H24N2O4S. The molecule has 1 rings (SSSR count). The number of carbonyl (C=O) groups is 3. The Kier molecular flexibility index (Phi) is 7.78. The molecule has 0 saturated heterocycles. The lowest BCUT2D eigenvalue weighted by Gasteiger charge is -2.20. The van der Waals surface area contributed by atoms with Gasteiger partial charge in [0.25, 0.3) is 5.91 Å². The van der Waals surface area contributed by atoms with Crippen LogP contribution in [0.15, 0.2) is 29.2 Å². The summed E-state index contributed by atoms with van der Waals surface area (Å²) in [6.07, 6.45) is 0.194. The number of urea groups is 1. The van der Waals surface area contributed by atoms with Crippen molar-refractivity contribution in [2.45, 2.75) is 44.6 Å². The van der Waals surface area contributed by atoms with E-state index in [0.29, 0.717) is 5.75 Å². The first-order valence-electron chi connectivity index (χ1n) is 7.63. The van der Waals surface area contributed by atoms with Gasteiger partial charge in [-0.25, -0.2) is 4.79 Å². The van der Waals surface area contributed by atoms with E-state index in [0.717, 1.165) is 4.90 Å². The maximum atomic E-state index is 11.6. The van der Waals surface area contributed by atoms with Gasteiger partial charge in [-0.3, -0.25) is 14.9 Å². The number of imide groups is 1. The summed E-state index contributed by atoms with van der Waals surface area (Å²) in [6, 6.07) is 7.39. The maximum Gasteiger partial charge on any atom is 0.321 e. The van der Waals surface area contributed by atoms with Gasteiger partial charge in [-0.1, -0.05) is 17.7 Å². The molecule has 0 fully saturated rings. The number of thioether (sulfide) groups is 1. The van der Waals surface area contributed by atoms with Crippen LogP contribution in [0, 0.1) is 6.92 Å². The number of rotatable bonds is 6. The van der Waals surface area contributed by atoms with Crippen LogP contribution in [0.25, 0.3) is 0 Å². The largest absolute Gasteiger partial charge is 0.456 e. The molecule has 0 saturated carbocycles. The van der Waals surface area contributed by atoms with Crippen LogP contribution in [-0.2, 0) is 14.3 Å². The summed E-state index contributed by atoms with van der Waals surface area (Å²) in [5.74, 6) is -0.564. The number of esters is 1. The molecule has 0 aliphatic rings. The molecule has 0 aliphatic carbocycles. The molecule has 132 valence electrons. The highest BCUT2D eigenvalue weighted by molar-refractivity contribution is 7.99. The zero-order valence-electron chi connectivity index (χ0n) is 14.5. The molecule has 24 heavy (non-hydrogen) atoms. The first-order chi connectivity index (χ1) is 11.2. The number of aryl methyl sites for hydroxylation is 1. The standard InChI is InChI=1S/C17H24N2O4S/c1-12-5-7-13(8-6-12)24-10-9-15(21)23-11-14(20)18-16(22)19-17(2,3)4/h5-8H,9-11H2,1-4H3,(H2,18,19,20,22). The van der Waals surface area contributed by atoms with E-state index >= 15 is 0 Å². The van der Waals surface area contributed by atoms with Crippen molar-refractivity contribution in [2.24, 2.45) is 0 Å². The van der Waals surface area contributed by atoms with Crippen LogP contribution in [0.4, 0.5) is 4.79 Å². The molecule has 0 bridgehead atoms. The van der Waals surface area contributed by atoms with E-state index in [-0.39, 0.29) is 6.42 Å². The highest BCUT2D eigenvalue weighted by Crippen LogP contribution is 2.19. The molecule has 7 heteroatoms. The van der Waals surface area contributed by atoms with E-state index in [4.69, 9.17) is 4.74 Å². The van der Waals surface area contributed by atoms with Gasteiger partial charge in [-0.05, 0) is 39.8 Å². The van der Waals surface area contributed by atoms with E-state index < -0.39 is 30.1 Å². The lowest BCUT2D eigenvalue weighted by Crippen LogP contribution is -2.49. The van der Waals surface area contributed by atoms with E-state index in [1.807, 2.05) is 31.2 Å². The fourth-order valence-corrected chi connectivity index (χ4v) is 2.47. The molecule has 1 aromatic carbocycles. The SMILES string of the molecule is Cc1ccc(SCCC(=O)OCC(=O)NC(=O)NC(C)(C)C)cc1. The van der Waals surface area contributed by atoms with Gasteiger partial charge in [0.05, 0.1) is 6.42 Å². The van der Waals surface area contributed by atoms with Gasteiger partial charge in [0.15, 0.2) is 6.61 Å². The average molecular weight is 352 g/mol. The predicted molar refractivity (Wildman–Crippen MR) is 93.9 cm³/mol. The van der Waals surface area contributed by atoms with Crippen molar-refractivity contribution < 1.29 is 19.1 Å². The molecule has 0 aliphatic heterocycles. The first-order valence-corrected chi connectivity index (χ1v) is 8.61. The van der Waals surface area contributed by atoms with Crippen LogP contribution in [-0.4, -0.2) is 35.8 Å². The van der Waals surface area contributed by atoms with Crippen molar-refractivity contribution in [1.82, 2.24) is 10.6 Å². The summed E-state index contributed by atoms with van der Waals surface area (Å²) in [5.41, 5.74) is 0.731. The second kappa shape index (κ2) is 9.32.